The molecule has 1 heterocycles. The molecule has 0 bridgehead atoms. The number of aliphatic imine (C=N–C) groups is 1. The SMILES string of the molecule is O=C(Nc1ccccc1C1=NCCO1)c1ccccc1C(F)(F)F. The molecule has 1 aliphatic heterocycles. The smallest absolute Gasteiger partial charge is 0.417 e. The van der Waals surface area contributed by atoms with Gasteiger partial charge in [0.2, 0.25) is 5.90 Å². The number of hydrogen-bond acceptors (Lipinski definition) is 3. The molecule has 2 aromatic carbocycles. The third-order valence-electron chi connectivity index (χ3n) is 3.47. The fraction of sp³-hybridized carbons (Fsp3) is 0.176. The number of hydrogen-bond donors (Lipinski definition) is 1. The fourth-order valence-corrected chi connectivity index (χ4v) is 2.39. The minimum Gasteiger partial charge on any atom is -0.475 e. The monoisotopic (exact) mass is 334 g/mol. The predicted octanol–water partition coefficient (Wildman–Crippen LogP) is 3.73. The fourth-order valence-electron chi connectivity index (χ4n) is 2.39. The van der Waals surface area contributed by atoms with Crippen LogP contribution in [0.15, 0.2) is 53.5 Å². The number of alkyl halides is 3. The molecular formula is C17H13F3N2O2. The number of anilines is 1. The lowest BCUT2D eigenvalue weighted by Crippen LogP contribution is -2.20. The number of amides is 1. The zero-order valence-corrected chi connectivity index (χ0v) is 12.4. The van der Waals surface area contributed by atoms with Crippen molar-refractivity contribution in [1.82, 2.24) is 0 Å². The number of benzene rings is 2. The molecule has 4 nitrogen and oxygen atoms in total. The van der Waals surface area contributed by atoms with E-state index < -0.39 is 23.2 Å². The number of nitrogens with zero attached hydrogens (tertiary/aromatic N) is 1. The van der Waals surface area contributed by atoms with E-state index in [1.54, 1.807) is 24.3 Å². The van der Waals surface area contributed by atoms with Gasteiger partial charge in [0.25, 0.3) is 5.91 Å². The van der Waals surface area contributed by atoms with Crippen molar-refractivity contribution in [3.05, 3.63) is 65.2 Å². The van der Waals surface area contributed by atoms with E-state index in [1.165, 1.54) is 12.1 Å². The van der Waals surface area contributed by atoms with E-state index in [9.17, 15) is 18.0 Å². The van der Waals surface area contributed by atoms with Gasteiger partial charge in [-0.3, -0.25) is 4.79 Å². The topological polar surface area (TPSA) is 50.7 Å². The Bertz CT molecular complexity index is 800. The van der Waals surface area contributed by atoms with Gasteiger partial charge in [-0.15, -0.1) is 0 Å². The summed E-state index contributed by atoms with van der Waals surface area (Å²) in [6.45, 7) is 0.947. The van der Waals surface area contributed by atoms with Crippen LogP contribution >= 0.6 is 0 Å². The summed E-state index contributed by atoms with van der Waals surface area (Å²) in [5.74, 6) is -0.469. The van der Waals surface area contributed by atoms with Crippen LogP contribution < -0.4 is 5.32 Å². The Labute approximate surface area is 136 Å². The number of nitrogens with one attached hydrogen (secondary N) is 1. The van der Waals surface area contributed by atoms with Crippen LogP contribution in [0.4, 0.5) is 18.9 Å². The van der Waals surface area contributed by atoms with Crippen LogP contribution in [0.2, 0.25) is 0 Å². The number of carbonyl (C=O) groups is 1. The van der Waals surface area contributed by atoms with E-state index in [0.717, 1.165) is 12.1 Å². The van der Waals surface area contributed by atoms with Gasteiger partial charge in [0.1, 0.15) is 6.61 Å². The maximum absolute atomic E-state index is 13.1. The normalized spacial score (nSPS) is 14.0. The molecule has 0 spiro atoms. The lowest BCUT2D eigenvalue weighted by atomic mass is 10.1. The van der Waals surface area contributed by atoms with Gasteiger partial charge in [-0.05, 0) is 24.3 Å². The molecule has 1 N–H and O–H groups in total. The van der Waals surface area contributed by atoms with Crippen LogP contribution in [0.1, 0.15) is 21.5 Å². The summed E-state index contributed by atoms with van der Waals surface area (Å²) < 4.78 is 44.5. The maximum atomic E-state index is 13.1. The van der Waals surface area contributed by atoms with Crippen molar-refractivity contribution in [2.24, 2.45) is 4.99 Å². The van der Waals surface area contributed by atoms with Crippen molar-refractivity contribution in [1.29, 1.82) is 0 Å². The van der Waals surface area contributed by atoms with Crippen molar-refractivity contribution in [3.63, 3.8) is 0 Å². The first-order valence-corrected chi connectivity index (χ1v) is 7.21. The molecule has 0 atom stereocenters. The zero-order chi connectivity index (χ0) is 17.2. The molecule has 0 unspecified atom stereocenters. The van der Waals surface area contributed by atoms with Gasteiger partial charge in [0, 0.05) is 0 Å². The van der Waals surface area contributed by atoms with E-state index in [4.69, 9.17) is 4.74 Å². The van der Waals surface area contributed by atoms with E-state index >= 15 is 0 Å². The molecule has 0 saturated carbocycles. The summed E-state index contributed by atoms with van der Waals surface area (Å²) in [6.07, 6.45) is -4.61. The Balaban J connectivity index is 1.92. The van der Waals surface area contributed by atoms with Gasteiger partial charge in [-0.1, -0.05) is 24.3 Å². The first-order chi connectivity index (χ1) is 11.5. The summed E-state index contributed by atoms with van der Waals surface area (Å²) in [6, 6.07) is 11.3. The summed E-state index contributed by atoms with van der Waals surface area (Å²) in [5.41, 5.74) is -0.531. The van der Waals surface area contributed by atoms with Gasteiger partial charge < -0.3 is 10.1 Å². The summed E-state index contributed by atoms with van der Waals surface area (Å²) in [4.78, 5) is 16.5. The van der Waals surface area contributed by atoms with Gasteiger partial charge in [0.15, 0.2) is 0 Å². The molecule has 24 heavy (non-hydrogen) atoms. The number of halogens is 3. The lowest BCUT2D eigenvalue weighted by molar-refractivity contribution is -0.137. The van der Waals surface area contributed by atoms with Crippen molar-refractivity contribution in [2.45, 2.75) is 6.18 Å². The van der Waals surface area contributed by atoms with Crippen molar-refractivity contribution in [3.8, 4) is 0 Å². The minimum absolute atomic E-state index is 0.347. The molecular weight excluding hydrogens is 321 g/mol. The number of carbonyl (C=O) groups excluding carboxylic acids is 1. The summed E-state index contributed by atoms with van der Waals surface area (Å²) >= 11 is 0. The standard InChI is InChI=1S/C17H13F3N2O2/c18-17(19,20)13-7-3-1-5-11(13)15(23)22-14-8-4-2-6-12(14)16-21-9-10-24-16/h1-8H,9-10H2,(H,22,23). The van der Waals surface area contributed by atoms with E-state index in [0.29, 0.717) is 30.3 Å². The number of ether oxygens (including phenoxy) is 1. The molecule has 0 saturated heterocycles. The molecule has 2 aromatic rings. The molecule has 7 heteroatoms. The third-order valence-corrected chi connectivity index (χ3v) is 3.47. The quantitative estimate of drug-likeness (QED) is 0.930. The van der Waals surface area contributed by atoms with E-state index in [-0.39, 0.29) is 0 Å². The predicted molar refractivity (Wildman–Crippen MR) is 83.2 cm³/mol. The van der Waals surface area contributed by atoms with Crippen LogP contribution in [0.3, 0.4) is 0 Å². The van der Waals surface area contributed by atoms with E-state index in [2.05, 4.69) is 10.3 Å². The van der Waals surface area contributed by atoms with Gasteiger partial charge in [0.05, 0.1) is 28.9 Å². The Kier molecular flexibility index (Phi) is 4.24. The molecule has 0 aromatic heterocycles. The average molecular weight is 334 g/mol. The molecule has 0 radical (unpaired) electrons. The highest BCUT2D eigenvalue weighted by atomic mass is 19.4. The summed E-state index contributed by atoms with van der Waals surface area (Å²) in [7, 11) is 0. The third kappa shape index (κ3) is 3.24. The van der Waals surface area contributed by atoms with Crippen LogP contribution in [0, 0.1) is 0 Å². The zero-order valence-electron chi connectivity index (χ0n) is 12.4. The van der Waals surface area contributed by atoms with Crippen LogP contribution in [-0.4, -0.2) is 25.0 Å². The highest BCUT2D eigenvalue weighted by molar-refractivity contribution is 6.09. The largest absolute Gasteiger partial charge is 0.475 e. The average Bonchev–Trinajstić information content (AvgIpc) is 3.09. The summed E-state index contributed by atoms with van der Waals surface area (Å²) in [5, 5.41) is 2.52. The highest BCUT2D eigenvalue weighted by Gasteiger charge is 2.35. The minimum atomic E-state index is -4.61. The second-order valence-electron chi connectivity index (χ2n) is 5.08. The Hall–Kier alpha value is -2.83. The molecule has 0 aliphatic carbocycles. The highest BCUT2D eigenvalue weighted by Crippen LogP contribution is 2.32. The van der Waals surface area contributed by atoms with Crippen molar-refractivity contribution >= 4 is 17.5 Å². The van der Waals surface area contributed by atoms with E-state index in [1.807, 2.05) is 0 Å². The molecule has 1 aliphatic rings. The first kappa shape index (κ1) is 16.0. The molecule has 3 rings (SSSR count). The second kappa shape index (κ2) is 6.35. The van der Waals surface area contributed by atoms with Crippen LogP contribution in [-0.2, 0) is 10.9 Å². The van der Waals surface area contributed by atoms with Gasteiger partial charge in [-0.25, -0.2) is 4.99 Å². The first-order valence-electron chi connectivity index (χ1n) is 7.21. The molecule has 0 fully saturated rings. The Morgan fingerprint density at radius 3 is 2.50 bits per heavy atom. The molecule has 1 amide bonds. The second-order valence-corrected chi connectivity index (χ2v) is 5.08. The number of para-hydroxylation sites is 1. The lowest BCUT2D eigenvalue weighted by Gasteiger charge is -2.14. The van der Waals surface area contributed by atoms with Gasteiger partial charge in [-0.2, -0.15) is 13.2 Å². The van der Waals surface area contributed by atoms with Crippen molar-refractivity contribution in [2.75, 3.05) is 18.5 Å². The Morgan fingerprint density at radius 1 is 1.08 bits per heavy atom. The number of rotatable bonds is 3. The maximum Gasteiger partial charge on any atom is 0.417 e. The van der Waals surface area contributed by atoms with Gasteiger partial charge >= 0.3 is 6.18 Å². The van der Waals surface area contributed by atoms with Crippen LogP contribution in [0.5, 0.6) is 0 Å². The van der Waals surface area contributed by atoms with Crippen molar-refractivity contribution < 1.29 is 22.7 Å². The Morgan fingerprint density at radius 2 is 1.79 bits per heavy atom. The molecule has 124 valence electrons. The van der Waals surface area contributed by atoms with Crippen LogP contribution in [0.25, 0.3) is 0 Å².